The molecular weight excluding hydrogens is 689 g/mol. The monoisotopic (exact) mass is 732 g/mol. The number of aryl methyl sites for hydroxylation is 1. The summed E-state index contributed by atoms with van der Waals surface area (Å²) in [6.07, 6.45) is 9.68. The van der Waals surface area contributed by atoms with Crippen LogP contribution in [-0.2, 0) is 16.6 Å². The van der Waals surface area contributed by atoms with Crippen molar-refractivity contribution in [1.29, 1.82) is 0 Å². The largest absolute Gasteiger partial charge is 0.487 e. The summed E-state index contributed by atoms with van der Waals surface area (Å²) in [6, 6.07) is 17.9. The van der Waals surface area contributed by atoms with Gasteiger partial charge in [-0.15, -0.1) is 11.8 Å². The lowest BCUT2D eigenvalue weighted by molar-refractivity contribution is -0.132. The number of hydrogen-bond donors (Lipinski definition) is 2. The van der Waals surface area contributed by atoms with Gasteiger partial charge in [0.15, 0.2) is 17.4 Å². The molecule has 1 saturated carbocycles. The fourth-order valence-corrected chi connectivity index (χ4v) is 7.91. The van der Waals surface area contributed by atoms with Crippen LogP contribution in [0, 0.1) is 0 Å². The molecule has 274 valence electrons. The average Bonchev–Trinajstić information content (AvgIpc) is 3.50. The van der Waals surface area contributed by atoms with Crippen molar-refractivity contribution in [3.05, 3.63) is 72.6 Å². The zero-order valence-electron chi connectivity index (χ0n) is 30.5. The first-order valence-electron chi connectivity index (χ1n) is 18.0. The molecule has 14 heteroatoms. The number of nitrogens with one attached hydrogen (secondary N) is 2. The van der Waals surface area contributed by atoms with Crippen LogP contribution >= 0.6 is 11.8 Å². The van der Waals surface area contributed by atoms with Gasteiger partial charge in [-0.3, -0.25) is 24.3 Å². The Labute approximate surface area is 312 Å². The van der Waals surface area contributed by atoms with Crippen LogP contribution < -0.4 is 15.0 Å². The van der Waals surface area contributed by atoms with E-state index >= 15 is 0 Å². The average molecular weight is 733 g/mol. The molecule has 53 heavy (non-hydrogen) atoms. The third kappa shape index (κ3) is 7.25. The van der Waals surface area contributed by atoms with Crippen molar-refractivity contribution < 1.29 is 14.3 Å². The van der Waals surface area contributed by atoms with Crippen molar-refractivity contribution in [2.75, 3.05) is 63.3 Å². The topological polar surface area (TPSA) is 137 Å². The summed E-state index contributed by atoms with van der Waals surface area (Å²) in [6.45, 7) is 2.71. The predicted molar refractivity (Wildman–Crippen MR) is 209 cm³/mol. The molecule has 3 aliphatic rings. The first kappa shape index (κ1) is 34.9. The minimum absolute atomic E-state index is 0.0608. The third-order valence-corrected chi connectivity index (χ3v) is 11.6. The van der Waals surface area contributed by atoms with Crippen LogP contribution in [0.15, 0.2) is 67.0 Å². The van der Waals surface area contributed by atoms with E-state index in [-0.39, 0.29) is 17.9 Å². The molecule has 0 radical (unpaired) electrons. The van der Waals surface area contributed by atoms with Gasteiger partial charge in [-0.05, 0) is 73.4 Å². The van der Waals surface area contributed by atoms with Gasteiger partial charge in [-0.1, -0.05) is 30.3 Å². The minimum atomic E-state index is -0.667. The maximum Gasteiger partial charge on any atom is 0.241 e. The van der Waals surface area contributed by atoms with Gasteiger partial charge in [0.1, 0.15) is 16.8 Å². The van der Waals surface area contributed by atoms with E-state index in [0.29, 0.717) is 56.4 Å². The van der Waals surface area contributed by atoms with Crippen LogP contribution in [0.3, 0.4) is 0 Å². The summed E-state index contributed by atoms with van der Waals surface area (Å²) in [5.41, 5.74) is 6.33. The number of hydrogen-bond acceptors (Lipinski definition) is 10. The quantitative estimate of drug-likeness (QED) is 0.189. The number of carbonyl (C=O) groups is 2. The van der Waals surface area contributed by atoms with Crippen LogP contribution in [0.4, 0.5) is 11.5 Å². The van der Waals surface area contributed by atoms with Gasteiger partial charge in [-0.25, -0.2) is 9.97 Å². The molecule has 1 aliphatic carbocycles. The normalized spacial score (nSPS) is 19.0. The van der Waals surface area contributed by atoms with Crippen molar-refractivity contribution in [2.45, 2.75) is 36.5 Å². The number of anilines is 2. The Kier molecular flexibility index (Phi) is 9.41. The fourth-order valence-electron chi connectivity index (χ4n) is 7.07. The zero-order valence-corrected chi connectivity index (χ0v) is 31.3. The number of pyridine rings is 1. The first-order chi connectivity index (χ1) is 25.7. The summed E-state index contributed by atoms with van der Waals surface area (Å²) in [4.78, 5) is 42.6. The van der Waals surface area contributed by atoms with Crippen molar-refractivity contribution in [2.24, 2.45) is 7.05 Å². The van der Waals surface area contributed by atoms with Crippen molar-refractivity contribution in [1.82, 2.24) is 39.7 Å². The van der Waals surface area contributed by atoms with Gasteiger partial charge in [0.05, 0.1) is 23.9 Å². The van der Waals surface area contributed by atoms with E-state index < -0.39 is 4.75 Å². The SMILES string of the molecule is CSC1(C(=O)Nc2ccc3[nH]nc(-c4ccc(OC5CC5)c(N(C)C)n4)c3c2)CCN(CC(=O)N2CC=C(c3ccc(-c4ncn(C)n4)cc3)CC2)C1. The number of benzene rings is 2. The van der Waals surface area contributed by atoms with E-state index in [1.165, 1.54) is 5.57 Å². The van der Waals surface area contributed by atoms with E-state index in [9.17, 15) is 9.59 Å². The molecule has 2 N–H and O–H groups in total. The van der Waals surface area contributed by atoms with E-state index in [0.717, 1.165) is 58.6 Å². The Hall–Kier alpha value is -5.21. The van der Waals surface area contributed by atoms with E-state index in [1.807, 2.05) is 79.7 Å². The first-order valence-corrected chi connectivity index (χ1v) is 19.3. The molecule has 2 aromatic carbocycles. The van der Waals surface area contributed by atoms with Crippen LogP contribution in [0.5, 0.6) is 5.75 Å². The number of likely N-dealkylation sites (tertiary alicyclic amines) is 1. The zero-order chi connectivity index (χ0) is 36.7. The molecule has 1 atom stereocenters. The number of amides is 2. The summed E-state index contributed by atoms with van der Waals surface area (Å²) in [7, 11) is 5.76. The molecule has 2 amide bonds. The number of aromatic amines is 1. The molecule has 1 saturated heterocycles. The second kappa shape index (κ2) is 14.3. The Morgan fingerprint density at radius 2 is 1.89 bits per heavy atom. The van der Waals surface area contributed by atoms with Crippen LogP contribution in [-0.4, -0.2) is 115 Å². The lowest BCUT2D eigenvalue weighted by Gasteiger charge is -2.29. The smallest absolute Gasteiger partial charge is 0.241 e. The number of rotatable bonds is 11. The number of aromatic nitrogens is 6. The summed E-state index contributed by atoms with van der Waals surface area (Å²) < 4.78 is 7.12. The lowest BCUT2D eigenvalue weighted by atomic mass is 9.98. The predicted octanol–water partition coefficient (Wildman–Crippen LogP) is 5.09. The number of carbonyl (C=O) groups excluding carboxylic acids is 2. The number of nitrogens with zero attached hydrogens (tertiary/aromatic N) is 8. The second-order valence-corrected chi connectivity index (χ2v) is 15.5. The Morgan fingerprint density at radius 1 is 1.08 bits per heavy atom. The molecule has 5 heterocycles. The summed E-state index contributed by atoms with van der Waals surface area (Å²) in [5, 5.41) is 16.1. The van der Waals surface area contributed by atoms with Gasteiger partial charge in [0.25, 0.3) is 0 Å². The van der Waals surface area contributed by atoms with Crippen LogP contribution in [0.2, 0.25) is 0 Å². The summed E-state index contributed by atoms with van der Waals surface area (Å²) in [5.74, 6) is 2.25. The standard InChI is InChI=1S/C39H44N10O3S/c1-46(2)37-33(52-29-10-11-29)14-13-32(42-37)35-30-21-28(9-12-31(30)43-44-35)41-38(51)39(53-4)17-20-48(23-39)22-34(50)49-18-15-26(16-19-49)25-5-7-27(8-6-25)36-40-24-47(3)45-36/h5-9,12-15,21,24,29H,10-11,16-20,22-23H2,1-4H3,(H,41,51)(H,43,44). The number of fused-ring (bicyclic) bond motifs is 1. The van der Waals surface area contributed by atoms with Gasteiger partial charge in [-0.2, -0.15) is 10.2 Å². The van der Waals surface area contributed by atoms with Crippen molar-refractivity contribution >= 4 is 51.6 Å². The van der Waals surface area contributed by atoms with E-state index in [4.69, 9.17) is 9.72 Å². The van der Waals surface area contributed by atoms with E-state index in [1.54, 1.807) is 22.8 Å². The molecule has 3 aromatic heterocycles. The van der Waals surface area contributed by atoms with Gasteiger partial charge in [0, 0.05) is 64.0 Å². The third-order valence-electron chi connectivity index (χ3n) is 10.3. The molecule has 13 nitrogen and oxygen atoms in total. The molecular formula is C39H44N10O3S. The van der Waals surface area contributed by atoms with Crippen LogP contribution in [0.25, 0.3) is 39.3 Å². The molecule has 5 aromatic rings. The number of H-pyrrole nitrogens is 1. The van der Waals surface area contributed by atoms with Crippen LogP contribution in [0.1, 0.15) is 31.2 Å². The van der Waals surface area contributed by atoms with Crippen molar-refractivity contribution in [3.63, 3.8) is 0 Å². The maximum atomic E-state index is 13.9. The molecule has 0 bridgehead atoms. The fraction of sp³-hybridized carbons (Fsp3) is 0.385. The molecule has 2 aliphatic heterocycles. The Bertz CT molecular complexity index is 2190. The molecule has 2 fully saturated rings. The van der Waals surface area contributed by atoms with Crippen molar-refractivity contribution in [3.8, 4) is 28.5 Å². The number of thioether (sulfide) groups is 1. The Morgan fingerprint density at radius 3 is 2.58 bits per heavy atom. The van der Waals surface area contributed by atoms with Gasteiger partial charge >= 0.3 is 0 Å². The molecule has 8 rings (SSSR count). The minimum Gasteiger partial charge on any atom is -0.487 e. The van der Waals surface area contributed by atoms with E-state index in [2.05, 4.69) is 48.7 Å². The highest BCUT2D eigenvalue weighted by atomic mass is 32.2. The highest BCUT2D eigenvalue weighted by molar-refractivity contribution is 8.00. The van der Waals surface area contributed by atoms with Gasteiger partial charge < -0.3 is 19.9 Å². The highest BCUT2D eigenvalue weighted by Gasteiger charge is 2.45. The summed E-state index contributed by atoms with van der Waals surface area (Å²) >= 11 is 1.55. The second-order valence-electron chi connectivity index (χ2n) is 14.3. The maximum absolute atomic E-state index is 13.9. The molecule has 0 spiro atoms. The lowest BCUT2D eigenvalue weighted by Crippen LogP contribution is -2.45. The number of ether oxygens (including phenoxy) is 1. The Balaban J connectivity index is 0.894. The highest BCUT2D eigenvalue weighted by Crippen LogP contribution is 2.38. The molecule has 1 unspecified atom stereocenters. The van der Waals surface area contributed by atoms with Gasteiger partial charge in [0.2, 0.25) is 11.8 Å².